The van der Waals surface area contributed by atoms with Crippen LogP contribution in [0.15, 0.2) is 60.7 Å². The Kier molecular flexibility index (Phi) is 6.74. The summed E-state index contributed by atoms with van der Waals surface area (Å²) in [5.74, 6) is 0.804. The Bertz CT molecular complexity index is 1120. The van der Waals surface area contributed by atoms with E-state index < -0.39 is 5.97 Å². The third-order valence-corrected chi connectivity index (χ3v) is 6.31. The van der Waals surface area contributed by atoms with Gasteiger partial charge in [-0.15, -0.1) is 0 Å². The van der Waals surface area contributed by atoms with Crippen LogP contribution in [0.4, 0.5) is 5.69 Å². The van der Waals surface area contributed by atoms with Gasteiger partial charge >= 0.3 is 5.97 Å². The molecule has 1 amide bonds. The zero-order chi connectivity index (χ0) is 22.5. The number of ether oxygens (including phenoxy) is 1. The van der Waals surface area contributed by atoms with Crippen molar-refractivity contribution in [1.29, 1.82) is 0 Å². The van der Waals surface area contributed by atoms with E-state index in [0.717, 1.165) is 35.2 Å². The van der Waals surface area contributed by atoms with Crippen molar-refractivity contribution in [3.05, 3.63) is 71.8 Å². The standard InChI is InChI=1S/C27H29NO4/c1-18(29)28-24-13-11-20-15-22(10-9-21(20)16-24)25-7-4-6-23(25)17-32-26-8-3-2-5-19(26)12-14-27(30)31/h2-3,5,8-11,13,15-16,23,25H,4,6-7,12,14,17H2,1H3,(H,28,29)(H,30,31). The molecule has 0 heterocycles. The van der Waals surface area contributed by atoms with E-state index >= 15 is 0 Å². The van der Waals surface area contributed by atoms with Gasteiger partial charge in [0.05, 0.1) is 6.61 Å². The number of hydrogen-bond acceptors (Lipinski definition) is 3. The number of nitrogens with one attached hydrogen (secondary N) is 1. The number of carboxylic acids is 1. The first-order valence-electron chi connectivity index (χ1n) is 11.2. The van der Waals surface area contributed by atoms with Gasteiger partial charge in [0, 0.05) is 19.0 Å². The second-order valence-electron chi connectivity index (χ2n) is 8.61. The van der Waals surface area contributed by atoms with E-state index in [1.54, 1.807) is 0 Å². The number of fused-ring (bicyclic) bond motifs is 1. The molecule has 0 saturated heterocycles. The van der Waals surface area contributed by atoms with Gasteiger partial charge in [-0.25, -0.2) is 0 Å². The number of anilines is 1. The van der Waals surface area contributed by atoms with Crippen molar-refractivity contribution >= 4 is 28.3 Å². The average Bonchev–Trinajstić information content (AvgIpc) is 3.24. The number of benzene rings is 3. The lowest BCUT2D eigenvalue weighted by molar-refractivity contribution is -0.137. The van der Waals surface area contributed by atoms with Crippen LogP contribution in [0.3, 0.4) is 0 Å². The quantitative estimate of drug-likeness (QED) is 0.474. The van der Waals surface area contributed by atoms with E-state index in [0.29, 0.717) is 24.9 Å². The second kappa shape index (κ2) is 9.86. The molecule has 166 valence electrons. The summed E-state index contributed by atoms with van der Waals surface area (Å²) in [4.78, 5) is 22.3. The fourth-order valence-corrected chi connectivity index (χ4v) is 4.74. The summed E-state index contributed by atoms with van der Waals surface area (Å²) >= 11 is 0. The smallest absolute Gasteiger partial charge is 0.303 e. The van der Waals surface area contributed by atoms with Gasteiger partial charge in [-0.05, 0) is 71.2 Å². The third-order valence-electron chi connectivity index (χ3n) is 6.31. The van der Waals surface area contributed by atoms with Crippen LogP contribution < -0.4 is 10.1 Å². The molecule has 32 heavy (non-hydrogen) atoms. The predicted molar refractivity (Wildman–Crippen MR) is 126 cm³/mol. The van der Waals surface area contributed by atoms with E-state index in [1.165, 1.54) is 24.3 Å². The molecule has 3 aromatic rings. The van der Waals surface area contributed by atoms with E-state index in [1.807, 2.05) is 36.4 Å². The zero-order valence-corrected chi connectivity index (χ0v) is 18.3. The highest BCUT2D eigenvalue weighted by Crippen LogP contribution is 2.41. The molecule has 2 N–H and O–H groups in total. The van der Waals surface area contributed by atoms with Crippen molar-refractivity contribution in [2.45, 2.75) is 44.9 Å². The van der Waals surface area contributed by atoms with Crippen molar-refractivity contribution < 1.29 is 19.4 Å². The summed E-state index contributed by atoms with van der Waals surface area (Å²) in [5, 5.41) is 14.1. The third kappa shape index (κ3) is 5.28. The molecule has 0 spiro atoms. The highest BCUT2D eigenvalue weighted by molar-refractivity contribution is 5.93. The number of aryl methyl sites for hydroxylation is 1. The van der Waals surface area contributed by atoms with E-state index in [4.69, 9.17) is 9.84 Å². The Morgan fingerprint density at radius 1 is 1.03 bits per heavy atom. The molecular formula is C27H29NO4. The number of carboxylic acid groups (broad SMARTS) is 1. The van der Waals surface area contributed by atoms with Crippen molar-refractivity contribution in [1.82, 2.24) is 0 Å². The van der Waals surface area contributed by atoms with Gasteiger partial charge in [0.15, 0.2) is 0 Å². The molecule has 5 nitrogen and oxygen atoms in total. The van der Waals surface area contributed by atoms with Crippen LogP contribution in [-0.2, 0) is 16.0 Å². The summed E-state index contributed by atoms with van der Waals surface area (Å²) in [5.41, 5.74) is 3.09. The maximum Gasteiger partial charge on any atom is 0.303 e. The fourth-order valence-electron chi connectivity index (χ4n) is 4.74. The van der Waals surface area contributed by atoms with Crippen molar-refractivity contribution in [3.8, 4) is 5.75 Å². The predicted octanol–water partition coefficient (Wildman–Crippen LogP) is 5.78. The number of rotatable bonds is 8. The largest absolute Gasteiger partial charge is 0.493 e. The lowest BCUT2D eigenvalue weighted by atomic mass is 9.88. The fraction of sp³-hybridized carbons (Fsp3) is 0.333. The van der Waals surface area contributed by atoms with Crippen molar-refractivity contribution in [2.75, 3.05) is 11.9 Å². The van der Waals surface area contributed by atoms with Gasteiger partial charge in [-0.2, -0.15) is 0 Å². The van der Waals surface area contributed by atoms with Gasteiger partial charge < -0.3 is 15.2 Å². The van der Waals surface area contributed by atoms with Crippen LogP contribution >= 0.6 is 0 Å². The van der Waals surface area contributed by atoms with Crippen LogP contribution in [0.5, 0.6) is 5.75 Å². The molecule has 0 aromatic heterocycles. The van der Waals surface area contributed by atoms with Crippen LogP contribution in [0, 0.1) is 5.92 Å². The first-order chi connectivity index (χ1) is 15.5. The highest BCUT2D eigenvalue weighted by Gasteiger charge is 2.29. The Morgan fingerprint density at radius 3 is 2.62 bits per heavy atom. The Hall–Kier alpha value is -3.34. The van der Waals surface area contributed by atoms with Crippen LogP contribution in [0.1, 0.15) is 49.7 Å². The first-order valence-corrected chi connectivity index (χ1v) is 11.2. The summed E-state index contributed by atoms with van der Waals surface area (Å²) in [6.07, 6.45) is 4.03. The summed E-state index contributed by atoms with van der Waals surface area (Å²) in [6, 6.07) is 20.3. The molecule has 0 bridgehead atoms. The second-order valence-corrected chi connectivity index (χ2v) is 8.61. The van der Waals surface area contributed by atoms with Crippen LogP contribution in [-0.4, -0.2) is 23.6 Å². The number of carbonyl (C=O) groups excluding carboxylic acids is 1. The molecule has 1 aliphatic rings. The molecule has 2 atom stereocenters. The minimum absolute atomic E-state index is 0.0701. The molecule has 4 rings (SSSR count). The van der Waals surface area contributed by atoms with Crippen LogP contribution in [0.25, 0.3) is 10.8 Å². The van der Waals surface area contributed by atoms with Crippen LogP contribution in [0.2, 0.25) is 0 Å². The topological polar surface area (TPSA) is 75.6 Å². The Morgan fingerprint density at radius 2 is 1.81 bits per heavy atom. The van der Waals surface area contributed by atoms with Gasteiger partial charge in [0.2, 0.25) is 5.91 Å². The number of aliphatic carboxylic acids is 1. The van der Waals surface area contributed by atoms with Gasteiger partial charge in [0.1, 0.15) is 5.75 Å². The maximum atomic E-state index is 11.3. The summed E-state index contributed by atoms with van der Waals surface area (Å²) in [6.45, 7) is 2.15. The average molecular weight is 432 g/mol. The molecule has 1 saturated carbocycles. The van der Waals surface area contributed by atoms with Gasteiger partial charge in [0.25, 0.3) is 0 Å². The normalized spacial score (nSPS) is 17.9. The minimum Gasteiger partial charge on any atom is -0.493 e. The highest BCUT2D eigenvalue weighted by atomic mass is 16.5. The molecule has 5 heteroatoms. The molecule has 0 radical (unpaired) electrons. The van der Waals surface area contributed by atoms with E-state index in [9.17, 15) is 9.59 Å². The van der Waals surface area contributed by atoms with Gasteiger partial charge in [-0.3, -0.25) is 9.59 Å². The molecule has 1 aliphatic carbocycles. The summed E-state index contributed by atoms with van der Waals surface area (Å²) in [7, 11) is 0. The zero-order valence-electron chi connectivity index (χ0n) is 18.3. The van der Waals surface area contributed by atoms with E-state index in [-0.39, 0.29) is 12.3 Å². The minimum atomic E-state index is -0.795. The maximum absolute atomic E-state index is 11.3. The lowest BCUT2D eigenvalue weighted by Crippen LogP contribution is -2.16. The van der Waals surface area contributed by atoms with Crippen molar-refractivity contribution in [3.63, 3.8) is 0 Å². The Balaban J connectivity index is 1.46. The number of amides is 1. The molecular weight excluding hydrogens is 402 g/mol. The Labute approximate surface area is 188 Å². The molecule has 0 aliphatic heterocycles. The van der Waals surface area contributed by atoms with E-state index in [2.05, 4.69) is 29.6 Å². The molecule has 1 fully saturated rings. The summed E-state index contributed by atoms with van der Waals surface area (Å²) < 4.78 is 6.21. The van der Waals surface area contributed by atoms with Crippen molar-refractivity contribution in [2.24, 2.45) is 5.92 Å². The molecule has 2 unspecified atom stereocenters. The number of hydrogen-bond donors (Lipinski definition) is 2. The lowest BCUT2D eigenvalue weighted by Gasteiger charge is -2.22. The first kappa shape index (κ1) is 21.9. The monoisotopic (exact) mass is 431 g/mol. The molecule has 3 aromatic carbocycles. The SMILES string of the molecule is CC(=O)Nc1ccc2cc(C3CCCC3COc3ccccc3CCC(=O)O)ccc2c1. The number of carbonyl (C=O) groups is 2. The number of para-hydroxylation sites is 1. The van der Waals surface area contributed by atoms with Gasteiger partial charge in [-0.1, -0.05) is 48.9 Å².